The molecule has 4 rings (SSSR count). The molecule has 0 bridgehead atoms. The van der Waals surface area contributed by atoms with Gasteiger partial charge in [0.2, 0.25) is 5.95 Å². The molecule has 3 aromatic heterocycles. The Kier molecular flexibility index (Phi) is 4.47. The van der Waals surface area contributed by atoms with Crippen LogP contribution in [0.2, 0.25) is 0 Å². The highest BCUT2D eigenvalue weighted by Crippen LogP contribution is 2.24. The first kappa shape index (κ1) is 18.2. The van der Waals surface area contributed by atoms with Crippen LogP contribution < -0.4 is 5.32 Å². The van der Waals surface area contributed by atoms with Crippen LogP contribution in [0.3, 0.4) is 0 Å². The number of carbonyl (C=O) groups excluding carboxylic acids is 1. The lowest BCUT2D eigenvalue weighted by atomic mass is 10.1. The number of anilines is 1. The molecule has 4 aromatic rings. The van der Waals surface area contributed by atoms with E-state index in [9.17, 15) is 14.9 Å². The Bertz CT molecular complexity index is 1260. The van der Waals surface area contributed by atoms with Gasteiger partial charge in [-0.15, -0.1) is 0 Å². The summed E-state index contributed by atoms with van der Waals surface area (Å²) in [5.74, 6) is -0.415. The van der Waals surface area contributed by atoms with Crippen molar-refractivity contribution < 1.29 is 9.72 Å². The number of imidazole rings is 1. The summed E-state index contributed by atoms with van der Waals surface area (Å²) in [7, 11) is 0. The third-order valence-corrected chi connectivity index (χ3v) is 4.57. The van der Waals surface area contributed by atoms with Crippen LogP contribution in [0.15, 0.2) is 54.9 Å². The Morgan fingerprint density at radius 2 is 1.93 bits per heavy atom. The van der Waals surface area contributed by atoms with Crippen LogP contribution >= 0.6 is 0 Å². The fourth-order valence-electron chi connectivity index (χ4n) is 3.21. The number of aryl methyl sites for hydroxylation is 1. The summed E-state index contributed by atoms with van der Waals surface area (Å²) in [5, 5.41) is 13.7. The zero-order valence-electron chi connectivity index (χ0n) is 15.7. The lowest BCUT2D eigenvalue weighted by Crippen LogP contribution is -2.16. The number of fused-ring (bicyclic) bond motifs is 1. The quantitative estimate of drug-likeness (QED) is 0.422. The molecule has 0 atom stereocenters. The number of nitrogens with one attached hydrogen (secondary N) is 1. The molecule has 0 saturated carbocycles. The zero-order valence-corrected chi connectivity index (χ0v) is 15.7. The molecule has 0 unspecified atom stereocenters. The van der Waals surface area contributed by atoms with E-state index in [1.165, 1.54) is 25.1 Å². The smallest absolute Gasteiger partial charge is 0.273 e. The number of nitrogens with zero attached hydrogens (tertiary/aromatic N) is 5. The van der Waals surface area contributed by atoms with Crippen LogP contribution in [-0.4, -0.2) is 30.2 Å². The lowest BCUT2D eigenvalue weighted by molar-refractivity contribution is -0.385. The summed E-state index contributed by atoms with van der Waals surface area (Å²) < 4.78 is 1.91. The van der Waals surface area contributed by atoms with Gasteiger partial charge >= 0.3 is 0 Å². The van der Waals surface area contributed by atoms with E-state index in [1.54, 1.807) is 12.3 Å². The van der Waals surface area contributed by atoms with Gasteiger partial charge in [-0.3, -0.25) is 24.6 Å². The second kappa shape index (κ2) is 7.12. The van der Waals surface area contributed by atoms with Crippen molar-refractivity contribution in [3.8, 4) is 11.4 Å². The average molecular weight is 388 g/mol. The lowest BCUT2D eigenvalue weighted by Gasteiger charge is -2.08. The summed E-state index contributed by atoms with van der Waals surface area (Å²) in [6.07, 6.45) is 3.43. The third kappa shape index (κ3) is 3.29. The Balaban J connectivity index is 1.68. The predicted molar refractivity (Wildman–Crippen MR) is 107 cm³/mol. The first-order valence-corrected chi connectivity index (χ1v) is 8.78. The predicted octanol–water partition coefficient (Wildman–Crippen LogP) is 3.57. The van der Waals surface area contributed by atoms with Gasteiger partial charge in [0, 0.05) is 29.6 Å². The summed E-state index contributed by atoms with van der Waals surface area (Å²) in [4.78, 5) is 36.3. The minimum atomic E-state index is -0.517. The first-order valence-electron chi connectivity index (χ1n) is 8.78. The van der Waals surface area contributed by atoms with E-state index in [0.717, 1.165) is 17.0 Å². The molecule has 1 amide bonds. The van der Waals surface area contributed by atoms with Crippen LogP contribution in [-0.2, 0) is 0 Å². The van der Waals surface area contributed by atoms with Gasteiger partial charge < -0.3 is 0 Å². The van der Waals surface area contributed by atoms with Gasteiger partial charge in [-0.25, -0.2) is 15.0 Å². The SMILES string of the molecule is Cc1nc2ccccn2c1-c1ccnc(NC(=O)c2cccc([N+](=O)[O-])c2C)n1. The number of carbonyl (C=O) groups is 1. The number of amides is 1. The Labute approximate surface area is 165 Å². The molecule has 0 aliphatic rings. The summed E-state index contributed by atoms with van der Waals surface area (Å²) in [5.41, 5.74) is 3.34. The third-order valence-electron chi connectivity index (χ3n) is 4.57. The van der Waals surface area contributed by atoms with Crippen molar-refractivity contribution in [2.75, 3.05) is 5.32 Å². The minimum absolute atomic E-state index is 0.101. The molecule has 9 nitrogen and oxygen atoms in total. The summed E-state index contributed by atoms with van der Waals surface area (Å²) in [6, 6.07) is 11.8. The Hall–Kier alpha value is -4.14. The molecule has 0 radical (unpaired) electrons. The summed E-state index contributed by atoms with van der Waals surface area (Å²) in [6.45, 7) is 3.42. The molecule has 0 aliphatic carbocycles. The monoisotopic (exact) mass is 388 g/mol. The normalized spacial score (nSPS) is 10.8. The summed E-state index contributed by atoms with van der Waals surface area (Å²) >= 11 is 0. The van der Waals surface area contributed by atoms with E-state index in [2.05, 4.69) is 20.3 Å². The number of rotatable bonds is 4. The number of benzene rings is 1. The number of hydrogen-bond acceptors (Lipinski definition) is 6. The van der Waals surface area contributed by atoms with Crippen molar-refractivity contribution in [3.63, 3.8) is 0 Å². The molecular formula is C20H16N6O3. The molecule has 1 aromatic carbocycles. The van der Waals surface area contributed by atoms with E-state index in [4.69, 9.17) is 0 Å². The number of nitro benzene ring substituents is 1. The molecular weight excluding hydrogens is 372 g/mol. The van der Waals surface area contributed by atoms with Crippen LogP contribution in [0.5, 0.6) is 0 Å². The highest BCUT2D eigenvalue weighted by molar-refractivity contribution is 6.05. The van der Waals surface area contributed by atoms with E-state index < -0.39 is 10.8 Å². The Morgan fingerprint density at radius 3 is 2.72 bits per heavy atom. The number of aromatic nitrogens is 4. The maximum atomic E-state index is 12.7. The molecule has 0 fully saturated rings. The maximum absolute atomic E-state index is 12.7. The van der Waals surface area contributed by atoms with Gasteiger partial charge in [0.15, 0.2) is 0 Å². The molecule has 1 N–H and O–H groups in total. The number of nitro groups is 1. The maximum Gasteiger partial charge on any atom is 0.273 e. The minimum Gasteiger partial charge on any atom is -0.298 e. The van der Waals surface area contributed by atoms with Gasteiger partial charge in [-0.1, -0.05) is 12.1 Å². The largest absolute Gasteiger partial charge is 0.298 e. The van der Waals surface area contributed by atoms with Crippen LogP contribution in [0, 0.1) is 24.0 Å². The second-order valence-electron chi connectivity index (χ2n) is 6.40. The first-order chi connectivity index (χ1) is 14.0. The van der Waals surface area contributed by atoms with Crippen molar-refractivity contribution in [3.05, 3.63) is 81.8 Å². The highest BCUT2D eigenvalue weighted by atomic mass is 16.6. The average Bonchev–Trinajstić information content (AvgIpc) is 3.03. The van der Waals surface area contributed by atoms with Crippen molar-refractivity contribution in [2.45, 2.75) is 13.8 Å². The molecule has 3 heterocycles. The Morgan fingerprint density at radius 1 is 1.10 bits per heavy atom. The standard InChI is InChI=1S/C20H16N6O3/c1-12-14(6-5-7-16(12)26(28)29)19(27)24-20-21-10-9-15(23-20)18-13(2)22-17-8-3-4-11-25(17)18/h3-11H,1-2H3,(H,21,23,24,27). The van der Waals surface area contributed by atoms with E-state index in [-0.39, 0.29) is 22.8 Å². The van der Waals surface area contributed by atoms with Gasteiger partial charge in [0.1, 0.15) is 5.65 Å². The van der Waals surface area contributed by atoms with Crippen LogP contribution in [0.25, 0.3) is 17.0 Å². The van der Waals surface area contributed by atoms with Crippen molar-refractivity contribution >= 4 is 23.2 Å². The van der Waals surface area contributed by atoms with Gasteiger partial charge in [-0.05, 0) is 38.1 Å². The van der Waals surface area contributed by atoms with Gasteiger partial charge in [0.05, 0.1) is 22.0 Å². The molecule has 0 aliphatic heterocycles. The van der Waals surface area contributed by atoms with E-state index in [0.29, 0.717) is 5.69 Å². The zero-order chi connectivity index (χ0) is 20.5. The topological polar surface area (TPSA) is 115 Å². The van der Waals surface area contributed by atoms with Crippen molar-refractivity contribution in [1.82, 2.24) is 19.4 Å². The number of hydrogen-bond donors (Lipinski definition) is 1. The molecule has 29 heavy (non-hydrogen) atoms. The number of pyridine rings is 1. The molecule has 144 valence electrons. The van der Waals surface area contributed by atoms with Crippen LogP contribution in [0.1, 0.15) is 21.6 Å². The second-order valence-corrected chi connectivity index (χ2v) is 6.40. The van der Waals surface area contributed by atoms with E-state index in [1.807, 2.05) is 35.7 Å². The molecule has 0 spiro atoms. The van der Waals surface area contributed by atoms with E-state index >= 15 is 0 Å². The fraction of sp³-hybridized carbons (Fsp3) is 0.100. The highest BCUT2D eigenvalue weighted by Gasteiger charge is 2.19. The fourth-order valence-corrected chi connectivity index (χ4v) is 3.21. The van der Waals surface area contributed by atoms with Gasteiger partial charge in [-0.2, -0.15) is 0 Å². The van der Waals surface area contributed by atoms with Crippen molar-refractivity contribution in [1.29, 1.82) is 0 Å². The van der Waals surface area contributed by atoms with Gasteiger partial charge in [0.25, 0.3) is 11.6 Å². The van der Waals surface area contributed by atoms with Crippen LogP contribution in [0.4, 0.5) is 11.6 Å². The molecule has 9 heteroatoms. The van der Waals surface area contributed by atoms with Crippen molar-refractivity contribution in [2.24, 2.45) is 0 Å². The molecule has 0 saturated heterocycles.